The molecule has 32 heavy (non-hydrogen) atoms. The zero-order chi connectivity index (χ0) is 23.7. The summed E-state index contributed by atoms with van der Waals surface area (Å²) in [5.41, 5.74) is -1.62. The number of halogens is 1. The molecule has 0 saturated heterocycles. The van der Waals surface area contributed by atoms with Crippen LogP contribution in [0.25, 0.3) is 0 Å². The van der Waals surface area contributed by atoms with Gasteiger partial charge in [-0.05, 0) is 56.3 Å². The Kier molecular flexibility index (Phi) is 6.27. The second-order valence-corrected chi connectivity index (χ2v) is 9.29. The van der Waals surface area contributed by atoms with Crippen LogP contribution in [0.3, 0.4) is 0 Å². The standard InChI is InChI=1S/C22H22FNO7S/c1-22(2,21(26)30-4)20-17(19(25)16-11-13(23)5-10-18(16)31-20)12-24-32(27,28)15-8-6-14(29-3)7-9-15/h5-12,20,24H,1-4H3/b17-12+. The fourth-order valence-corrected chi connectivity index (χ4v) is 4.17. The predicted molar refractivity (Wildman–Crippen MR) is 112 cm³/mol. The molecule has 2 aromatic rings. The second kappa shape index (κ2) is 8.62. The van der Waals surface area contributed by atoms with Gasteiger partial charge >= 0.3 is 5.97 Å². The first-order valence-corrected chi connectivity index (χ1v) is 11.0. The minimum Gasteiger partial charge on any atom is -0.497 e. The van der Waals surface area contributed by atoms with Gasteiger partial charge < -0.3 is 14.2 Å². The van der Waals surface area contributed by atoms with Gasteiger partial charge in [-0.2, -0.15) is 0 Å². The lowest BCUT2D eigenvalue weighted by Crippen LogP contribution is -2.47. The van der Waals surface area contributed by atoms with Crippen molar-refractivity contribution in [1.82, 2.24) is 4.72 Å². The van der Waals surface area contributed by atoms with E-state index in [1.807, 2.05) is 0 Å². The molecule has 8 nitrogen and oxygen atoms in total. The number of esters is 1. The van der Waals surface area contributed by atoms with E-state index in [9.17, 15) is 22.4 Å². The lowest BCUT2D eigenvalue weighted by atomic mass is 9.78. The summed E-state index contributed by atoms with van der Waals surface area (Å²) in [7, 11) is -1.43. The van der Waals surface area contributed by atoms with Crippen LogP contribution in [0.5, 0.6) is 11.5 Å². The monoisotopic (exact) mass is 463 g/mol. The minimum absolute atomic E-state index is 0.0745. The quantitative estimate of drug-likeness (QED) is 0.518. The number of fused-ring (bicyclic) bond motifs is 1. The summed E-state index contributed by atoms with van der Waals surface area (Å²) in [6.45, 7) is 2.99. The molecule has 0 amide bonds. The highest BCUT2D eigenvalue weighted by atomic mass is 32.2. The number of methoxy groups -OCH3 is 2. The van der Waals surface area contributed by atoms with Crippen LogP contribution in [0, 0.1) is 11.2 Å². The first-order valence-electron chi connectivity index (χ1n) is 9.47. The summed E-state index contributed by atoms with van der Waals surface area (Å²) in [6, 6.07) is 9.00. The SMILES string of the molecule is COC(=O)C(C)(C)C1Oc2ccc(F)cc2C(=O)/C1=C\NS(=O)(=O)c1ccc(OC)cc1. The molecule has 0 bridgehead atoms. The molecule has 1 N–H and O–H groups in total. The predicted octanol–water partition coefficient (Wildman–Crippen LogP) is 2.84. The van der Waals surface area contributed by atoms with Crippen LogP contribution >= 0.6 is 0 Å². The highest BCUT2D eigenvalue weighted by Gasteiger charge is 2.47. The molecule has 170 valence electrons. The molecule has 3 rings (SSSR count). The molecule has 1 aliphatic rings. The molecule has 1 heterocycles. The van der Waals surface area contributed by atoms with Gasteiger partial charge in [0, 0.05) is 6.20 Å². The first-order chi connectivity index (χ1) is 15.0. The van der Waals surface area contributed by atoms with Gasteiger partial charge in [-0.3, -0.25) is 14.3 Å². The number of sulfonamides is 1. The van der Waals surface area contributed by atoms with Crippen LogP contribution in [0.2, 0.25) is 0 Å². The number of Topliss-reactive ketones (excluding diaryl/α,β-unsaturated/α-hetero) is 1. The van der Waals surface area contributed by atoms with Gasteiger partial charge in [-0.1, -0.05) is 0 Å². The van der Waals surface area contributed by atoms with Crippen LogP contribution in [-0.2, 0) is 19.6 Å². The Morgan fingerprint density at radius 3 is 2.41 bits per heavy atom. The summed E-state index contributed by atoms with van der Waals surface area (Å²) in [6.07, 6.45) is -0.232. The summed E-state index contributed by atoms with van der Waals surface area (Å²) in [5.74, 6) is -1.47. The number of carbonyl (C=O) groups is 2. The highest BCUT2D eigenvalue weighted by molar-refractivity contribution is 7.89. The van der Waals surface area contributed by atoms with E-state index in [0.717, 1.165) is 18.3 Å². The Morgan fingerprint density at radius 1 is 1.16 bits per heavy atom. The molecule has 1 unspecified atom stereocenters. The summed E-state index contributed by atoms with van der Waals surface area (Å²) >= 11 is 0. The molecule has 0 fully saturated rings. The molecule has 1 atom stereocenters. The summed E-state index contributed by atoms with van der Waals surface area (Å²) < 4.78 is 57.1. The third-order valence-corrected chi connectivity index (χ3v) is 6.40. The van der Waals surface area contributed by atoms with E-state index in [4.69, 9.17) is 14.2 Å². The van der Waals surface area contributed by atoms with Crippen LogP contribution in [-0.4, -0.2) is 40.5 Å². The van der Waals surface area contributed by atoms with Gasteiger partial charge in [0.15, 0.2) is 5.78 Å². The third-order valence-electron chi connectivity index (χ3n) is 5.08. The van der Waals surface area contributed by atoms with Crippen LogP contribution in [0.4, 0.5) is 4.39 Å². The zero-order valence-corrected chi connectivity index (χ0v) is 18.7. The van der Waals surface area contributed by atoms with Gasteiger partial charge in [-0.25, -0.2) is 12.8 Å². The molecule has 0 saturated carbocycles. The normalized spacial score (nSPS) is 17.3. The van der Waals surface area contributed by atoms with Crippen molar-refractivity contribution < 1.29 is 36.6 Å². The van der Waals surface area contributed by atoms with Crippen molar-refractivity contribution in [1.29, 1.82) is 0 Å². The fraction of sp³-hybridized carbons (Fsp3) is 0.273. The van der Waals surface area contributed by atoms with Crippen LogP contribution < -0.4 is 14.2 Å². The third kappa shape index (κ3) is 4.31. The van der Waals surface area contributed by atoms with Gasteiger partial charge in [0.25, 0.3) is 10.0 Å². The molecule has 1 aliphatic heterocycles. The largest absolute Gasteiger partial charge is 0.497 e. The van der Waals surface area contributed by atoms with Crippen molar-refractivity contribution >= 4 is 21.8 Å². The zero-order valence-electron chi connectivity index (χ0n) is 17.8. The van der Waals surface area contributed by atoms with Crippen molar-refractivity contribution in [2.24, 2.45) is 5.41 Å². The minimum atomic E-state index is -4.07. The number of carbonyl (C=O) groups excluding carboxylic acids is 2. The maximum Gasteiger partial charge on any atom is 0.315 e. The Bertz CT molecular complexity index is 1190. The van der Waals surface area contributed by atoms with Crippen molar-refractivity contribution in [2.45, 2.75) is 24.8 Å². The van der Waals surface area contributed by atoms with Crippen molar-refractivity contribution in [3.63, 3.8) is 0 Å². The first kappa shape index (κ1) is 23.3. The van der Waals surface area contributed by atoms with Crippen molar-refractivity contribution in [3.05, 3.63) is 65.6 Å². The molecule has 2 aromatic carbocycles. The maximum atomic E-state index is 13.7. The number of ketones is 1. The lowest BCUT2D eigenvalue weighted by molar-refractivity contribution is -0.154. The molecular formula is C22H22FNO7S. The molecule has 0 aromatic heterocycles. The fourth-order valence-electron chi connectivity index (χ4n) is 3.26. The number of ether oxygens (including phenoxy) is 3. The van der Waals surface area contributed by atoms with E-state index >= 15 is 0 Å². The van der Waals surface area contributed by atoms with E-state index in [0.29, 0.717) is 5.75 Å². The molecule has 0 spiro atoms. The van der Waals surface area contributed by atoms with E-state index in [-0.39, 0.29) is 21.8 Å². The number of nitrogens with one attached hydrogen (secondary N) is 1. The number of hydrogen-bond acceptors (Lipinski definition) is 7. The molecule has 0 aliphatic carbocycles. The van der Waals surface area contributed by atoms with Gasteiger partial charge in [0.1, 0.15) is 28.8 Å². The second-order valence-electron chi connectivity index (χ2n) is 7.58. The van der Waals surface area contributed by atoms with Gasteiger partial charge in [0.05, 0.1) is 30.3 Å². The topological polar surface area (TPSA) is 108 Å². The maximum absolute atomic E-state index is 13.7. The smallest absolute Gasteiger partial charge is 0.315 e. The Balaban J connectivity index is 2.05. The Hall–Kier alpha value is -3.40. The van der Waals surface area contributed by atoms with Gasteiger partial charge in [0.2, 0.25) is 0 Å². The van der Waals surface area contributed by atoms with Crippen LogP contribution in [0.15, 0.2) is 59.1 Å². The molecular weight excluding hydrogens is 441 g/mol. The highest BCUT2D eigenvalue weighted by Crippen LogP contribution is 2.39. The molecule has 0 radical (unpaired) electrons. The van der Waals surface area contributed by atoms with Gasteiger partial charge in [-0.15, -0.1) is 0 Å². The average Bonchev–Trinajstić information content (AvgIpc) is 2.78. The van der Waals surface area contributed by atoms with E-state index in [1.54, 1.807) is 0 Å². The van der Waals surface area contributed by atoms with E-state index in [2.05, 4.69) is 4.72 Å². The van der Waals surface area contributed by atoms with E-state index in [1.165, 1.54) is 58.4 Å². The molecule has 10 heteroatoms. The summed E-state index contributed by atoms with van der Waals surface area (Å²) in [5, 5.41) is 0. The average molecular weight is 463 g/mol. The lowest BCUT2D eigenvalue weighted by Gasteiger charge is -2.36. The van der Waals surface area contributed by atoms with Crippen LogP contribution in [0.1, 0.15) is 24.2 Å². The van der Waals surface area contributed by atoms with E-state index < -0.39 is 39.1 Å². The Morgan fingerprint density at radius 2 is 1.81 bits per heavy atom. The van der Waals surface area contributed by atoms with Crippen molar-refractivity contribution in [3.8, 4) is 11.5 Å². The number of benzene rings is 2. The Labute approximate surface area is 185 Å². The number of rotatable bonds is 6. The van der Waals surface area contributed by atoms with Crippen molar-refractivity contribution in [2.75, 3.05) is 14.2 Å². The number of hydrogen-bond donors (Lipinski definition) is 1. The summed E-state index contributed by atoms with van der Waals surface area (Å²) in [4.78, 5) is 25.5.